The van der Waals surface area contributed by atoms with Crippen LogP contribution in [0.1, 0.15) is 33.1 Å². The molecular formula is C10H18N2O2. The van der Waals surface area contributed by atoms with E-state index >= 15 is 0 Å². The van der Waals surface area contributed by atoms with Gasteiger partial charge in [0.25, 0.3) is 0 Å². The highest BCUT2D eigenvalue weighted by Gasteiger charge is 2.36. The Bertz CT molecular complexity index is 229. The third-order valence-corrected chi connectivity index (χ3v) is 2.45. The van der Waals surface area contributed by atoms with Crippen LogP contribution in [0.25, 0.3) is 0 Å². The standard InChI is InChI=1S/C10H18N2O2/c1-10(2)6-8(13)12(5-3-4-11)9(14)7-10/h3-7,11H2,1-2H3. The molecule has 0 atom stereocenters. The van der Waals surface area contributed by atoms with Crippen molar-refractivity contribution in [3.05, 3.63) is 0 Å². The van der Waals surface area contributed by atoms with E-state index in [1.165, 1.54) is 4.90 Å². The SMILES string of the molecule is CC1(C)CC(=O)N(CCCN)C(=O)C1. The van der Waals surface area contributed by atoms with E-state index in [-0.39, 0.29) is 17.2 Å². The summed E-state index contributed by atoms with van der Waals surface area (Å²) in [7, 11) is 0. The van der Waals surface area contributed by atoms with Crippen molar-refractivity contribution in [2.75, 3.05) is 13.1 Å². The van der Waals surface area contributed by atoms with E-state index < -0.39 is 0 Å². The zero-order valence-electron chi connectivity index (χ0n) is 8.88. The van der Waals surface area contributed by atoms with Gasteiger partial charge in [-0.1, -0.05) is 13.8 Å². The first-order valence-electron chi connectivity index (χ1n) is 4.99. The lowest BCUT2D eigenvalue weighted by atomic mass is 9.82. The fraction of sp³-hybridized carbons (Fsp3) is 0.800. The first-order chi connectivity index (χ1) is 6.46. The second kappa shape index (κ2) is 4.09. The van der Waals surface area contributed by atoms with Crippen molar-refractivity contribution in [1.29, 1.82) is 0 Å². The van der Waals surface area contributed by atoms with E-state index in [1.54, 1.807) is 0 Å². The quantitative estimate of drug-likeness (QED) is 0.672. The Morgan fingerprint density at radius 1 is 1.29 bits per heavy atom. The number of carbonyl (C=O) groups excluding carboxylic acids is 2. The smallest absolute Gasteiger partial charge is 0.229 e. The van der Waals surface area contributed by atoms with Crippen molar-refractivity contribution in [2.24, 2.45) is 11.1 Å². The van der Waals surface area contributed by atoms with Crippen LogP contribution >= 0.6 is 0 Å². The molecule has 1 saturated heterocycles. The molecule has 0 unspecified atom stereocenters. The number of nitrogens with zero attached hydrogens (tertiary/aromatic N) is 1. The van der Waals surface area contributed by atoms with Gasteiger partial charge in [0.05, 0.1) is 0 Å². The monoisotopic (exact) mass is 198 g/mol. The maximum Gasteiger partial charge on any atom is 0.229 e. The van der Waals surface area contributed by atoms with Crippen molar-refractivity contribution in [3.8, 4) is 0 Å². The van der Waals surface area contributed by atoms with E-state index in [1.807, 2.05) is 13.8 Å². The third kappa shape index (κ3) is 2.54. The fourth-order valence-corrected chi connectivity index (χ4v) is 1.71. The fourth-order valence-electron chi connectivity index (χ4n) is 1.71. The lowest BCUT2D eigenvalue weighted by Crippen LogP contribution is -2.46. The molecule has 80 valence electrons. The Morgan fingerprint density at radius 2 is 1.79 bits per heavy atom. The number of carbonyl (C=O) groups is 2. The normalized spacial score (nSPS) is 21.5. The van der Waals surface area contributed by atoms with Gasteiger partial charge in [-0.15, -0.1) is 0 Å². The van der Waals surface area contributed by atoms with Crippen LogP contribution < -0.4 is 5.73 Å². The molecule has 4 heteroatoms. The van der Waals surface area contributed by atoms with E-state index in [9.17, 15) is 9.59 Å². The van der Waals surface area contributed by atoms with Crippen LogP contribution in [-0.2, 0) is 9.59 Å². The molecule has 1 fully saturated rings. The maximum atomic E-state index is 11.6. The molecule has 1 heterocycles. The molecule has 1 aliphatic rings. The topological polar surface area (TPSA) is 63.4 Å². The predicted octanol–water partition coefficient (Wildman–Crippen LogP) is 0.510. The minimum atomic E-state index is -0.173. The highest BCUT2D eigenvalue weighted by molar-refractivity contribution is 5.98. The minimum Gasteiger partial charge on any atom is -0.330 e. The summed E-state index contributed by atoms with van der Waals surface area (Å²) in [5, 5.41) is 0. The number of nitrogens with two attached hydrogens (primary N) is 1. The van der Waals surface area contributed by atoms with Gasteiger partial charge in [0.1, 0.15) is 0 Å². The largest absolute Gasteiger partial charge is 0.330 e. The Labute approximate surface area is 84.4 Å². The molecule has 0 aromatic carbocycles. The number of hydrogen-bond acceptors (Lipinski definition) is 3. The summed E-state index contributed by atoms with van der Waals surface area (Å²) in [4.78, 5) is 24.5. The van der Waals surface area contributed by atoms with Crippen LogP contribution in [0.2, 0.25) is 0 Å². The van der Waals surface area contributed by atoms with Crippen LogP contribution in [0.3, 0.4) is 0 Å². The van der Waals surface area contributed by atoms with Gasteiger partial charge in [-0.3, -0.25) is 14.5 Å². The summed E-state index contributed by atoms with van der Waals surface area (Å²) in [6, 6.07) is 0. The summed E-state index contributed by atoms with van der Waals surface area (Å²) >= 11 is 0. The first kappa shape index (κ1) is 11.2. The van der Waals surface area contributed by atoms with Gasteiger partial charge in [0, 0.05) is 19.4 Å². The van der Waals surface area contributed by atoms with Gasteiger partial charge in [-0.25, -0.2) is 0 Å². The first-order valence-corrected chi connectivity index (χ1v) is 4.99. The van der Waals surface area contributed by atoms with Crippen molar-refractivity contribution in [1.82, 2.24) is 4.90 Å². The second-order valence-electron chi connectivity index (χ2n) is 4.60. The molecule has 0 aromatic rings. The van der Waals surface area contributed by atoms with Gasteiger partial charge >= 0.3 is 0 Å². The molecule has 1 aliphatic heterocycles. The summed E-state index contributed by atoms with van der Waals surface area (Å²) in [6.07, 6.45) is 1.62. The summed E-state index contributed by atoms with van der Waals surface area (Å²) in [5.41, 5.74) is 5.17. The van der Waals surface area contributed by atoms with Gasteiger partial charge in [0.15, 0.2) is 0 Å². The van der Waals surface area contributed by atoms with Gasteiger partial charge in [-0.2, -0.15) is 0 Å². The van der Waals surface area contributed by atoms with Crippen molar-refractivity contribution in [3.63, 3.8) is 0 Å². The molecule has 0 aromatic heterocycles. The molecule has 0 spiro atoms. The number of piperidine rings is 1. The average molecular weight is 198 g/mol. The lowest BCUT2D eigenvalue weighted by Gasteiger charge is -2.34. The molecule has 0 bridgehead atoms. The molecule has 1 rings (SSSR count). The third-order valence-electron chi connectivity index (χ3n) is 2.45. The zero-order chi connectivity index (χ0) is 10.8. The van der Waals surface area contributed by atoms with Crippen LogP contribution in [0, 0.1) is 5.41 Å². The lowest BCUT2D eigenvalue weighted by molar-refractivity contribution is -0.152. The van der Waals surface area contributed by atoms with E-state index in [0.29, 0.717) is 32.4 Å². The summed E-state index contributed by atoms with van der Waals surface area (Å²) in [5.74, 6) is -0.112. The summed E-state index contributed by atoms with van der Waals surface area (Å²) < 4.78 is 0. The minimum absolute atomic E-state index is 0.0558. The van der Waals surface area contributed by atoms with E-state index in [4.69, 9.17) is 5.73 Å². The van der Waals surface area contributed by atoms with E-state index in [2.05, 4.69) is 0 Å². The number of rotatable bonds is 3. The van der Waals surface area contributed by atoms with Gasteiger partial charge < -0.3 is 5.73 Å². The predicted molar refractivity (Wildman–Crippen MR) is 53.4 cm³/mol. The second-order valence-corrected chi connectivity index (χ2v) is 4.60. The van der Waals surface area contributed by atoms with Gasteiger partial charge in [-0.05, 0) is 18.4 Å². The van der Waals surface area contributed by atoms with Gasteiger partial charge in [0.2, 0.25) is 11.8 Å². The maximum absolute atomic E-state index is 11.6. The highest BCUT2D eigenvalue weighted by Crippen LogP contribution is 2.31. The Hall–Kier alpha value is -0.900. The number of likely N-dealkylation sites (tertiary alicyclic amines) is 1. The molecule has 2 amide bonds. The van der Waals surface area contributed by atoms with Crippen LogP contribution in [0.4, 0.5) is 0 Å². The highest BCUT2D eigenvalue weighted by atomic mass is 16.2. The molecule has 0 radical (unpaired) electrons. The number of imide groups is 1. The van der Waals surface area contributed by atoms with Crippen molar-refractivity contribution >= 4 is 11.8 Å². The average Bonchev–Trinajstić information content (AvgIpc) is 2.00. The molecule has 0 saturated carbocycles. The molecule has 0 aliphatic carbocycles. The zero-order valence-corrected chi connectivity index (χ0v) is 8.88. The Morgan fingerprint density at radius 3 is 2.21 bits per heavy atom. The van der Waals surface area contributed by atoms with Crippen LogP contribution in [0.15, 0.2) is 0 Å². The Kier molecular flexibility index (Phi) is 3.26. The molecule has 2 N–H and O–H groups in total. The molecule has 14 heavy (non-hydrogen) atoms. The van der Waals surface area contributed by atoms with Crippen LogP contribution in [0.5, 0.6) is 0 Å². The van der Waals surface area contributed by atoms with E-state index in [0.717, 1.165) is 0 Å². The molecule has 4 nitrogen and oxygen atoms in total. The summed E-state index contributed by atoms with van der Waals surface area (Å²) in [6.45, 7) is 4.89. The number of hydrogen-bond donors (Lipinski definition) is 1. The molecular weight excluding hydrogens is 180 g/mol. The van der Waals surface area contributed by atoms with Crippen molar-refractivity contribution in [2.45, 2.75) is 33.1 Å². The van der Waals surface area contributed by atoms with Crippen molar-refractivity contribution < 1.29 is 9.59 Å². The Balaban J connectivity index is 2.62. The van der Waals surface area contributed by atoms with Crippen LogP contribution in [-0.4, -0.2) is 29.8 Å². The number of amides is 2.